The number of hydrogen-bond acceptors (Lipinski definition) is 8. The Morgan fingerprint density at radius 3 is 2.62 bits per heavy atom. The van der Waals surface area contributed by atoms with Crippen LogP contribution < -0.4 is 0 Å². The molecular formula is C16H23NO6S. The Hall–Kier alpha value is -1.03. The van der Waals surface area contributed by atoms with Gasteiger partial charge in [0.15, 0.2) is 5.78 Å². The molecule has 5 atom stereocenters. The fourth-order valence-electron chi connectivity index (χ4n) is 2.45. The van der Waals surface area contributed by atoms with Gasteiger partial charge >= 0.3 is 0 Å². The van der Waals surface area contributed by atoms with Crippen LogP contribution in [0.15, 0.2) is 24.4 Å². The van der Waals surface area contributed by atoms with Gasteiger partial charge in [-0.25, -0.2) is 0 Å². The van der Waals surface area contributed by atoms with E-state index in [9.17, 15) is 20.1 Å². The molecule has 134 valence electrons. The number of aliphatic hydroxyl groups excluding tert-OH is 4. The van der Waals surface area contributed by atoms with Crippen LogP contribution in [-0.2, 0) is 4.74 Å². The van der Waals surface area contributed by atoms with Crippen LogP contribution in [0.5, 0.6) is 0 Å². The predicted octanol–water partition coefficient (Wildman–Crippen LogP) is -0.0323. The van der Waals surface area contributed by atoms with E-state index in [1.54, 1.807) is 24.4 Å². The number of ketones is 1. The van der Waals surface area contributed by atoms with Gasteiger partial charge in [0.05, 0.1) is 6.61 Å². The molecule has 1 fully saturated rings. The number of hydrogen-bond donors (Lipinski definition) is 4. The maximum atomic E-state index is 11.9. The molecule has 0 radical (unpaired) electrons. The fourth-order valence-corrected chi connectivity index (χ4v) is 3.63. The van der Waals surface area contributed by atoms with Gasteiger partial charge in [-0.15, -0.1) is 11.8 Å². The summed E-state index contributed by atoms with van der Waals surface area (Å²) in [6, 6.07) is 5.22. The molecule has 1 saturated heterocycles. The summed E-state index contributed by atoms with van der Waals surface area (Å²) in [5.41, 5.74) is -0.258. The van der Waals surface area contributed by atoms with Crippen molar-refractivity contribution in [3.8, 4) is 0 Å². The minimum Gasteiger partial charge on any atom is -0.394 e. The van der Waals surface area contributed by atoms with Crippen molar-refractivity contribution in [1.29, 1.82) is 0 Å². The standard InChI is InChI=1S/C16H23NO6S/c18-9-12-13(20)14(21)15(22)16(23-12)24-8-4-2-6-11(19)10-5-1-3-7-17-10/h1,3,5,7,12-16,18,20-22H,2,4,6,8-9H2. The highest BCUT2D eigenvalue weighted by molar-refractivity contribution is 7.99. The first-order valence-corrected chi connectivity index (χ1v) is 8.96. The molecule has 1 aromatic rings. The molecule has 2 heterocycles. The van der Waals surface area contributed by atoms with Crippen LogP contribution in [0.3, 0.4) is 0 Å². The van der Waals surface area contributed by atoms with Gasteiger partial charge in [-0.05, 0) is 30.7 Å². The number of aromatic nitrogens is 1. The number of Topliss-reactive ketones (excluding diaryl/α,β-unsaturated/α-hetero) is 1. The summed E-state index contributed by atoms with van der Waals surface area (Å²) in [4.78, 5) is 15.9. The number of nitrogens with zero attached hydrogens (tertiary/aromatic N) is 1. The summed E-state index contributed by atoms with van der Waals surface area (Å²) < 4.78 is 5.40. The summed E-state index contributed by atoms with van der Waals surface area (Å²) >= 11 is 1.30. The summed E-state index contributed by atoms with van der Waals surface area (Å²) in [5, 5.41) is 38.5. The first-order chi connectivity index (χ1) is 11.5. The minimum atomic E-state index is -1.35. The van der Waals surface area contributed by atoms with Crippen LogP contribution in [0.1, 0.15) is 29.8 Å². The highest BCUT2D eigenvalue weighted by Gasteiger charge is 2.43. The van der Waals surface area contributed by atoms with E-state index in [2.05, 4.69) is 4.98 Å². The van der Waals surface area contributed by atoms with E-state index in [-0.39, 0.29) is 5.78 Å². The molecule has 4 N–H and O–H groups in total. The van der Waals surface area contributed by atoms with Gasteiger partial charge in [-0.3, -0.25) is 9.78 Å². The Kier molecular flexibility index (Phi) is 7.60. The molecule has 5 unspecified atom stereocenters. The number of ether oxygens (including phenoxy) is 1. The maximum absolute atomic E-state index is 11.9. The lowest BCUT2D eigenvalue weighted by atomic mass is 10.0. The summed E-state index contributed by atoms with van der Waals surface area (Å²) in [5.74, 6) is 0.617. The zero-order valence-electron chi connectivity index (χ0n) is 13.2. The highest BCUT2D eigenvalue weighted by atomic mass is 32.2. The van der Waals surface area contributed by atoms with Crippen molar-refractivity contribution in [3.05, 3.63) is 30.1 Å². The van der Waals surface area contributed by atoms with E-state index in [0.29, 0.717) is 24.3 Å². The topological polar surface area (TPSA) is 120 Å². The first kappa shape index (κ1) is 19.3. The van der Waals surface area contributed by atoms with E-state index in [1.165, 1.54) is 11.8 Å². The Balaban J connectivity index is 1.69. The SMILES string of the molecule is O=C(CCCCSC1OC(CO)C(O)C(O)C1O)c1ccccn1. The minimum absolute atomic E-state index is 0.00607. The molecule has 0 amide bonds. The van der Waals surface area contributed by atoms with Crippen molar-refractivity contribution in [2.45, 2.75) is 49.1 Å². The van der Waals surface area contributed by atoms with Crippen LogP contribution in [0, 0.1) is 0 Å². The van der Waals surface area contributed by atoms with E-state index in [1.807, 2.05) is 0 Å². The van der Waals surface area contributed by atoms with Crippen LogP contribution in [0.4, 0.5) is 0 Å². The number of carbonyl (C=O) groups is 1. The van der Waals surface area contributed by atoms with Gasteiger partial charge in [0.25, 0.3) is 0 Å². The van der Waals surface area contributed by atoms with Crippen molar-refractivity contribution in [2.24, 2.45) is 0 Å². The fraction of sp³-hybridized carbons (Fsp3) is 0.625. The van der Waals surface area contributed by atoms with Crippen molar-refractivity contribution in [2.75, 3.05) is 12.4 Å². The smallest absolute Gasteiger partial charge is 0.181 e. The molecule has 0 bridgehead atoms. The van der Waals surface area contributed by atoms with Crippen LogP contribution in [0.25, 0.3) is 0 Å². The molecule has 1 aliphatic rings. The molecule has 24 heavy (non-hydrogen) atoms. The van der Waals surface area contributed by atoms with Gasteiger partial charge in [-0.2, -0.15) is 0 Å². The Morgan fingerprint density at radius 1 is 1.17 bits per heavy atom. The second-order valence-corrected chi connectivity index (χ2v) is 6.87. The number of unbranched alkanes of at least 4 members (excludes halogenated alkanes) is 1. The van der Waals surface area contributed by atoms with Gasteiger partial charge in [-0.1, -0.05) is 6.07 Å². The third-order valence-corrected chi connectivity index (χ3v) is 5.12. The van der Waals surface area contributed by atoms with E-state index >= 15 is 0 Å². The van der Waals surface area contributed by atoms with Gasteiger partial charge in [0, 0.05) is 12.6 Å². The second kappa shape index (κ2) is 9.45. The maximum Gasteiger partial charge on any atom is 0.181 e. The van der Waals surface area contributed by atoms with E-state index in [0.717, 1.165) is 6.42 Å². The Labute approximate surface area is 144 Å². The van der Waals surface area contributed by atoms with Gasteiger partial charge < -0.3 is 25.2 Å². The third kappa shape index (κ3) is 4.98. The molecule has 1 aromatic heterocycles. The average Bonchev–Trinajstić information content (AvgIpc) is 2.61. The number of pyridine rings is 1. The van der Waals surface area contributed by atoms with Gasteiger partial charge in [0.2, 0.25) is 0 Å². The van der Waals surface area contributed by atoms with Crippen LogP contribution >= 0.6 is 11.8 Å². The Morgan fingerprint density at radius 2 is 1.96 bits per heavy atom. The van der Waals surface area contributed by atoms with Crippen molar-refractivity contribution in [3.63, 3.8) is 0 Å². The normalized spacial score (nSPS) is 30.2. The van der Waals surface area contributed by atoms with Crippen LogP contribution in [0.2, 0.25) is 0 Å². The second-order valence-electron chi connectivity index (χ2n) is 5.66. The van der Waals surface area contributed by atoms with Crippen molar-refractivity contribution >= 4 is 17.5 Å². The molecule has 8 heteroatoms. The van der Waals surface area contributed by atoms with Crippen molar-refractivity contribution in [1.82, 2.24) is 4.98 Å². The average molecular weight is 357 g/mol. The molecule has 7 nitrogen and oxygen atoms in total. The highest BCUT2D eigenvalue weighted by Crippen LogP contribution is 2.29. The molecular weight excluding hydrogens is 334 g/mol. The predicted molar refractivity (Wildman–Crippen MR) is 88.6 cm³/mol. The quantitative estimate of drug-likeness (QED) is 0.378. The number of aliphatic hydroxyl groups is 4. The lowest BCUT2D eigenvalue weighted by molar-refractivity contribution is -0.205. The Bertz CT molecular complexity index is 515. The molecule has 0 saturated carbocycles. The lowest BCUT2D eigenvalue weighted by Gasteiger charge is -2.39. The molecule has 2 rings (SSSR count). The number of thioether (sulfide) groups is 1. The largest absolute Gasteiger partial charge is 0.394 e. The summed E-state index contributed by atoms with van der Waals surface area (Å²) in [6.45, 7) is -0.430. The summed E-state index contributed by atoms with van der Waals surface area (Å²) in [7, 11) is 0. The number of rotatable bonds is 8. The van der Waals surface area contributed by atoms with E-state index < -0.39 is 36.5 Å². The monoisotopic (exact) mass is 357 g/mol. The lowest BCUT2D eigenvalue weighted by Crippen LogP contribution is -2.57. The van der Waals surface area contributed by atoms with Gasteiger partial charge in [0.1, 0.15) is 35.5 Å². The zero-order chi connectivity index (χ0) is 17.5. The molecule has 0 aromatic carbocycles. The first-order valence-electron chi connectivity index (χ1n) is 7.91. The molecule has 1 aliphatic heterocycles. The van der Waals surface area contributed by atoms with Crippen LogP contribution in [-0.4, -0.2) is 73.4 Å². The van der Waals surface area contributed by atoms with Crippen molar-refractivity contribution < 1.29 is 30.0 Å². The number of carbonyl (C=O) groups excluding carboxylic acids is 1. The zero-order valence-corrected chi connectivity index (χ0v) is 14.0. The van der Waals surface area contributed by atoms with E-state index in [4.69, 9.17) is 9.84 Å². The molecule has 0 aliphatic carbocycles. The third-order valence-electron chi connectivity index (χ3n) is 3.88. The summed E-state index contributed by atoms with van der Waals surface area (Å²) in [6.07, 6.45) is -1.39. The molecule has 0 spiro atoms.